The monoisotopic (exact) mass is 465 g/mol. The maximum atomic E-state index is 14.2. The first kappa shape index (κ1) is 22.2. The lowest BCUT2D eigenvalue weighted by atomic mass is 9.65. The second-order valence-electron chi connectivity index (χ2n) is 8.56. The fourth-order valence-corrected chi connectivity index (χ4v) is 5.06. The Morgan fingerprint density at radius 1 is 0.857 bits per heavy atom. The lowest BCUT2D eigenvalue weighted by Crippen LogP contribution is -2.60. The molecule has 1 aliphatic rings. The number of hydrogen-bond donors (Lipinski definition) is 3. The van der Waals surface area contributed by atoms with Crippen molar-refractivity contribution < 1.29 is 19.8 Å². The van der Waals surface area contributed by atoms with Crippen molar-refractivity contribution in [1.82, 2.24) is 4.98 Å². The first-order chi connectivity index (χ1) is 16.8. The van der Waals surface area contributed by atoms with E-state index in [-0.39, 0.29) is 17.4 Å². The number of phenolic OH excluding ortho intramolecular Hbond substituents is 2. The number of primary amides is 1. The van der Waals surface area contributed by atoms with Crippen molar-refractivity contribution in [2.45, 2.75) is 18.4 Å². The third kappa shape index (κ3) is 3.40. The number of pyridine rings is 1. The summed E-state index contributed by atoms with van der Waals surface area (Å²) in [7, 11) is 0. The van der Waals surface area contributed by atoms with Gasteiger partial charge >= 0.3 is 0 Å². The molecule has 0 aliphatic carbocycles. The van der Waals surface area contributed by atoms with Crippen molar-refractivity contribution in [2.75, 3.05) is 4.90 Å². The van der Waals surface area contributed by atoms with Crippen molar-refractivity contribution in [3.8, 4) is 11.5 Å². The first-order valence-electron chi connectivity index (χ1n) is 11.1. The maximum absolute atomic E-state index is 14.2. The van der Waals surface area contributed by atoms with E-state index in [0.29, 0.717) is 33.8 Å². The largest absolute Gasteiger partial charge is 0.508 e. The Balaban J connectivity index is 1.98. The van der Waals surface area contributed by atoms with Crippen LogP contribution in [0.5, 0.6) is 11.5 Å². The number of aromatic nitrogens is 1. The van der Waals surface area contributed by atoms with Crippen LogP contribution in [0.25, 0.3) is 0 Å². The number of aromatic hydroxyl groups is 2. The highest BCUT2D eigenvalue weighted by molar-refractivity contribution is 6.12. The standard InChI is InChI=1S/C28H23N3O4/c1-17-5-4-8-24(30-17)31-27(35)23-7-3-2-6-22(23)25(26(29)34)28(31,18-9-13-20(32)14-10-18)19-11-15-21(33)16-12-19/h2-16,25,32-33H,1H3,(H2,29,34). The van der Waals surface area contributed by atoms with E-state index in [0.717, 1.165) is 0 Å². The highest BCUT2D eigenvalue weighted by Gasteiger charge is 2.57. The minimum absolute atomic E-state index is 0.0352. The van der Waals surface area contributed by atoms with Crippen LogP contribution < -0.4 is 10.6 Å². The SMILES string of the molecule is Cc1cccc(N2C(=O)c3ccccc3C(C(N)=O)C2(c2ccc(O)cc2)c2ccc(O)cc2)n1. The summed E-state index contributed by atoms with van der Waals surface area (Å²) in [6, 6.07) is 24.9. The molecule has 35 heavy (non-hydrogen) atoms. The first-order valence-corrected chi connectivity index (χ1v) is 11.1. The van der Waals surface area contributed by atoms with Crippen molar-refractivity contribution in [2.24, 2.45) is 5.73 Å². The average molecular weight is 466 g/mol. The molecule has 7 heteroatoms. The van der Waals surface area contributed by atoms with Crippen molar-refractivity contribution in [3.63, 3.8) is 0 Å². The van der Waals surface area contributed by atoms with Crippen molar-refractivity contribution in [3.05, 3.63) is 119 Å². The molecule has 4 N–H and O–H groups in total. The van der Waals surface area contributed by atoms with Crippen LogP contribution in [0.1, 0.15) is 38.7 Å². The zero-order valence-corrected chi connectivity index (χ0v) is 18.9. The second-order valence-corrected chi connectivity index (χ2v) is 8.56. The van der Waals surface area contributed by atoms with E-state index < -0.39 is 17.4 Å². The Morgan fingerprint density at radius 2 is 1.43 bits per heavy atom. The van der Waals surface area contributed by atoms with Crippen molar-refractivity contribution in [1.29, 1.82) is 0 Å². The summed E-state index contributed by atoms with van der Waals surface area (Å²) in [5, 5.41) is 20.1. The summed E-state index contributed by atoms with van der Waals surface area (Å²) < 4.78 is 0. The molecule has 3 aromatic carbocycles. The molecule has 4 aromatic rings. The van der Waals surface area contributed by atoms with E-state index in [1.165, 1.54) is 29.2 Å². The topological polar surface area (TPSA) is 117 Å². The van der Waals surface area contributed by atoms with Gasteiger partial charge in [0.15, 0.2) is 0 Å². The van der Waals surface area contributed by atoms with Gasteiger partial charge < -0.3 is 15.9 Å². The van der Waals surface area contributed by atoms with Gasteiger partial charge in [-0.2, -0.15) is 0 Å². The molecule has 0 saturated carbocycles. The number of phenols is 2. The molecule has 174 valence electrons. The molecule has 0 bridgehead atoms. The molecule has 0 radical (unpaired) electrons. The van der Waals surface area contributed by atoms with E-state index >= 15 is 0 Å². The van der Waals surface area contributed by atoms with Gasteiger partial charge in [0, 0.05) is 11.3 Å². The molecule has 7 nitrogen and oxygen atoms in total. The zero-order valence-electron chi connectivity index (χ0n) is 18.9. The Bertz CT molecular complexity index is 1390. The minimum Gasteiger partial charge on any atom is -0.508 e. The van der Waals surface area contributed by atoms with E-state index in [4.69, 9.17) is 5.73 Å². The van der Waals surface area contributed by atoms with Gasteiger partial charge in [-0.3, -0.25) is 14.5 Å². The van der Waals surface area contributed by atoms with Gasteiger partial charge in [-0.25, -0.2) is 4.98 Å². The number of amides is 2. The minimum atomic E-state index is -1.46. The smallest absolute Gasteiger partial charge is 0.260 e. The number of rotatable bonds is 4. The Labute approximate surface area is 202 Å². The summed E-state index contributed by atoms with van der Waals surface area (Å²) >= 11 is 0. The second kappa shape index (κ2) is 8.29. The van der Waals surface area contributed by atoms with Crippen LogP contribution in [0.15, 0.2) is 91.0 Å². The third-order valence-electron chi connectivity index (χ3n) is 6.48. The molecular formula is C28H23N3O4. The van der Waals surface area contributed by atoms with Gasteiger partial charge in [-0.1, -0.05) is 48.5 Å². The molecule has 1 unspecified atom stereocenters. The molecule has 1 atom stereocenters. The number of nitrogens with zero attached hydrogens (tertiary/aromatic N) is 2. The number of nitrogens with two attached hydrogens (primary N) is 1. The molecule has 0 saturated heterocycles. The third-order valence-corrected chi connectivity index (χ3v) is 6.48. The van der Waals surface area contributed by atoms with Crippen LogP contribution in [0.4, 0.5) is 5.82 Å². The zero-order chi connectivity index (χ0) is 24.7. The number of carbonyl (C=O) groups excluding carboxylic acids is 2. The molecule has 1 aliphatic heterocycles. The van der Waals surface area contributed by atoms with Crippen LogP contribution in [-0.4, -0.2) is 27.0 Å². The lowest BCUT2D eigenvalue weighted by Gasteiger charge is -2.51. The summed E-state index contributed by atoms with van der Waals surface area (Å²) in [6.07, 6.45) is 0. The molecule has 0 spiro atoms. The van der Waals surface area contributed by atoms with Crippen LogP contribution in [-0.2, 0) is 10.3 Å². The number of anilines is 1. The predicted molar refractivity (Wildman–Crippen MR) is 131 cm³/mol. The van der Waals surface area contributed by atoms with Crippen LogP contribution >= 0.6 is 0 Å². The van der Waals surface area contributed by atoms with Crippen LogP contribution in [0, 0.1) is 6.92 Å². The van der Waals surface area contributed by atoms with E-state index in [1.54, 1.807) is 60.7 Å². The molecule has 5 rings (SSSR count). The summed E-state index contributed by atoms with van der Waals surface area (Å²) in [4.78, 5) is 33.7. The van der Waals surface area contributed by atoms with Crippen molar-refractivity contribution >= 4 is 17.6 Å². The van der Waals surface area contributed by atoms with Gasteiger partial charge in [0.1, 0.15) is 22.9 Å². The normalized spacial score (nSPS) is 16.5. The predicted octanol–water partition coefficient (Wildman–Crippen LogP) is 3.97. The van der Waals surface area contributed by atoms with Gasteiger partial charge in [-0.05, 0) is 66.1 Å². The average Bonchev–Trinajstić information content (AvgIpc) is 2.84. The molecule has 1 aromatic heterocycles. The van der Waals surface area contributed by atoms with Crippen LogP contribution in [0.3, 0.4) is 0 Å². The van der Waals surface area contributed by atoms with E-state index in [2.05, 4.69) is 4.98 Å². The summed E-state index contributed by atoms with van der Waals surface area (Å²) in [5.41, 5.74) is 7.30. The van der Waals surface area contributed by atoms with E-state index in [1.807, 2.05) is 13.0 Å². The fourth-order valence-electron chi connectivity index (χ4n) is 5.06. The van der Waals surface area contributed by atoms with Gasteiger partial charge in [-0.15, -0.1) is 0 Å². The number of carbonyl (C=O) groups is 2. The van der Waals surface area contributed by atoms with Gasteiger partial charge in [0.2, 0.25) is 5.91 Å². The Kier molecular flexibility index (Phi) is 5.25. The molecular weight excluding hydrogens is 442 g/mol. The van der Waals surface area contributed by atoms with Gasteiger partial charge in [0.25, 0.3) is 5.91 Å². The molecule has 0 fully saturated rings. The molecule has 2 amide bonds. The Hall–Kier alpha value is -4.65. The highest BCUT2D eigenvalue weighted by atomic mass is 16.3. The number of fused-ring (bicyclic) bond motifs is 1. The maximum Gasteiger partial charge on any atom is 0.260 e. The number of benzene rings is 3. The number of aryl methyl sites for hydroxylation is 1. The highest BCUT2D eigenvalue weighted by Crippen LogP contribution is 2.53. The molecule has 2 heterocycles. The lowest BCUT2D eigenvalue weighted by molar-refractivity contribution is -0.120. The summed E-state index contributed by atoms with van der Waals surface area (Å²) in [5.74, 6) is -1.58. The quantitative estimate of drug-likeness (QED) is 0.422. The van der Waals surface area contributed by atoms with E-state index in [9.17, 15) is 19.8 Å². The van der Waals surface area contributed by atoms with Gasteiger partial charge in [0.05, 0.1) is 5.92 Å². The Morgan fingerprint density at radius 3 is 1.97 bits per heavy atom. The fraction of sp³-hybridized carbons (Fsp3) is 0.107. The van der Waals surface area contributed by atoms with Crippen LogP contribution in [0.2, 0.25) is 0 Å². The summed E-state index contributed by atoms with van der Waals surface area (Å²) in [6.45, 7) is 1.82. The number of hydrogen-bond acceptors (Lipinski definition) is 5.